The van der Waals surface area contributed by atoms with Crippen LogP contribution < -0.4 is 5.32 Å². The number of pyridine rings is 1. The number of hydrogen-bond donors (Lipinski definition) is 1. The maximum atomic E-state index is 5.32. The fraction of sp³-hybridized carbons (Fsp3) is 0.429. The third-order valence-corrected chi connectivity index (χ3v) is 3.46. The summed E-state index contributed by atoms with van der Waals surface area (Å²) < 4.78 is 5.32. The van der Waals surface area contributed by atoms with Crippen molar-refractivity contribution in [3.8, 4) is 0 Å². The van der Waals surface area contributed by atoms with Gasteiger partial charge in [-0.25, -0.2) is 0 Å². The minimum atomic E-state index is 0.341. The Labute approximate surface area is 112 Å². The highest BCUT2D eigenvalue weighted by atomic mass is 16.5. The Balaban J connectivity index is 1.77. The second-order valence-electron chi connectivity index (χ2n) is 4.91. The highest BCUT2D eigenvalue weighted by Gasteiger charge is 2.24. The van der Waals surface area contributed by atoms with E-state index in [1.165, 1.54) is 5.56 Å². The van der Waals surface area contributed by atoms with Crippen LogP contribution in [0.15, 0.2) is 35.1 Å². The molecule has 3 heterocycles. The first-order chi connectivity index (χ1) is 9.33. The van der Waals surface area contributed by atoms with Crippen LogP contribution in [0.4, 0.5) is 0 Å². The molecule has 2 aromatic rings. The van der Waals surface area contributed by atoms with Gasteiger partial charge in [0, 0.05) is 44.1 Å². The van der Waals surface area contributed by atoms with E-state index in [1.54, 1.807) is 0 Å². The molecule has 1 saturated heterocycles. The number of hydrogen-bond acceptors (Lipinski definition) is 5. The number of nitrogens with one attached hydrogen (secondary N) is 1. The molecule has 0 radical (unpaired) electrons. The Bertz CT molecular complexity index is 525. The zero-order chi connectivity index (χ0) is 13.1. The molecule has 5 nitrogen and oxygen atoms in total. The molecule has 1 unspecified atom stereocenters. The molecule has 5 heteroatoms. The molecule has 0 aliphatic carbocycles. The van der Waals surface area contributed by atoms with E-state index in [1.807, 2.05) is 31.5 Å². The lowest BCUT2D eigenvalue weighted by Crippen LogP contribution is -2.45. The molecule has 1 atom stereocenters. The van der Waals surface area contributed by atoms with Crippen molar-refractivity contribution in [2.75, 3.05) is 19.6 Å². The normalized spacial score (nSPS) is 20.6. The van der Waals surface area contributed by atoms with Gasteiger partial charge < -0.3 is 9.84 Å². The third kappa shape index (κ3) is 2.83. The van der Waals surface area contributed by atoms with Crippen LogP contribution in [0.5, 0.6) is 0 Å². The van der Waals surface area contributed by atoms with E-state index in [0.717, 1.165) is 37.6 Å². The molecule has 19 heavy (non-hydrogen) atoms. The zero-order valence-electron chi connectivity index (χ0n) is 11.0. The Hall–Kier alpha value is -1.72. The molecule has 1 aliphatic rings. The summed E-state index contributed by atoms with van der Waals surface area (Å²) in [6.07, 6.45) is 3.75. The summed E-state index contributed by atoms with van der Waals surface area (Å²) in [7, 11) is 0. The number of aromatic nitrogens is 2. The SMILES string of the molecule is Cc1cc(CN2CCNCC2c2cccnc2)on1. The second kappa shape index (κ2) is 5.50. The smallest absolute Gasteiger partial charge is 0.150 e. The largest absolute Gasteiger partial charge is 0.360 e. The first kappa shape index (κ1) is 12.3. The zero-order valence-corrected chi connectivity index (χ0v) is 11.0. The van der Waals surface area contributed by atoms with Crippen LogP contribution in [0.1, 0.15) is 23.1 Å². The van der Waals surface area contributed by atoms with Gasteiger partial charge in [-0.2, -0.15) is 0 Å². The first-order valence-electron chi connectivity index (χ1n) is 6.60. The van der Waals surface area contributed by atoms with Crippen molar-refractivity contribution in [1.29, 1.82) is 0 Å². The van der Waals surface area contributed by atoms with Crippen molar-refractivity contribution < 1.29 is 4.52 Å². The van der Waals surface area contributed by atoms with E-state index >= 15 is 0 Å². The van der Waals surface area contributed by atoms with Gasteiger partial charge in [-0.1, -0.05) is 11.2 Å². The van der Waals surface area contributed by atoms with E-state index in [-0.39, 0.29) is 0 Å². The van der Waals surface area contributed by atoms with Gasteiger partial charge in [0.25, 0.3) is 0 Å². The fourth-order valence-corrected chi connectivity index (χ4v) is 2.53. The number of nitrogens with zero attached hydrogens (tertiary/aromatic N) is 3. The van der Waals surface area contributed by atoms with Gasteiger partial charge in [-0.15, -0.1) is 0 Å². The Morgan fingerprint density at radius 2 is 2.47 bits per heavy atom. The molecule has 0 bridgehead atoms. The molecule has 0 spiro atoms. The van der Waals surface area contributed by atoms with E-state index in [0.29, 0.717) is 6.04 Å². The van der Waals surface area contributed by atoms with Gasteiger partial charge in [-0.3, -0.25) is 9.88 Å². The molecule has 0 aromatic carbocycles. The summed E-state index contributed by atoms with van der Waals surface area (Å²) >= 11 is 0. The fourth-order valence-electron chi connectivity index (χ4n) is 2.53. The molecule has 100 valence electrons. The quantitative estimate of drug-likeness (QED) is 0.904. The van der Waals surface area contributed by atoms with Crippen LogP contribution >= 0.6 is 0 Å². The summed E-state index contributed by atoms with van der Waals surface area (Å²) in [6.45, 7) is 5.69. The van der Waals surface area contributed by atoms with Gasteiger partial charge >= 0.3 is 0 Å². The average molecular weight is 258 g/mol. The molecular weight excluding hydrogens is 240 g/mol. The minimum absolute atomic E-state index is 0.341. The Morgan fingerprint density at radius 1 is 1.53 bits per heavy atom. The lowest BCUT2D eigenvalue weighted by Gasteiger charge is -2.35. The number of rotatable bonds is 3. The van der Waals surface area contributed by atoms with Crippen LogP contribution in [0.25, 0.3) is 0 Å². The van der Waals surface area contributed by atoms with Gasteiger partial charge in [0.1, 0.15) is 0 Å². The van der Waals surface area contributed by atoms with Crippen LogP contribution in [0, 0.1) is 6.92 Å². The Morgan fingerprint density at radius 3 is 3.21 bits per heavy atom. The van der Waals surface area contributed by atoms with Crippen LogP contribution in [0.3, 0.4) is 0 Å². The first-order valence-corrected chi connectivity index (χ1v) is 6.60. The van der Waals surface area contributed by atoms with Gasteiger partial charge in [0.2, 0.25) is 0 Å². The summed E-state index contributed by atoms with van der Waals surface area (Å²) in [4.78, 5) is 6.63. The molecule has 1 N–H and O–H groups in total. The lowest BCUT2D eigenvalue weighted by molar-refractivity contribution is 0.138. The molecule has 3 rings (SSSR count). The highest BCUT2D eigenvalue weighted by molar-refractivity contribution is 5.16. The molecule has 1 aliphatic heterocycles. The van der Waals surface area contributed by atoms with Crippen LogP contribution in [-0.2, 0) is 6.54 Å². The van der Waals surface area contributed by atoms with Crippen LogP contribution in [-0.4, -0.2) is 34.7 Å². The van der Waals surface area contributed by atoms with E-state index < -0.39 is 0 Å². The maximum Gasteiger partial charge on any atom is 0.150 e. The van der Waals surface area contributed by atoms with E-state index in [2.05, 4.69) is 26.4 Å². The summed E-state index contributed by atoms with van der Waals surface area (Å²) in [6, 6.07) is 6.46. The summed E-state index contributed by atoms with van der Waals surface area (Å²) in [5, 5.41) is 7.39. The van der Waals surface area contributed by atoms with Crippen LogP contribution in [0.2, 0.25) is 0 Å². The van der Waals surface area contributed by atoms with Crippen molar-refractivity contribution in [3.63, 3.8) is 0 Å². The van der Waals surface area contributed by atoms with Gasteiger partial charge in [0.05, 0.1) is 12.2 Å². The molecule has 0 amide bonds. The standard InChI is InChI=1S/C14H18N4O/c1-11-7-13(19-17-11)10-18-6-5-16-9-14(18)12-3-2-4-15-8-12/h2-4,7-8,14,16H,5-6,9-10H2,1H3. The van der Waals surface area contributed by atoms with E-state index in [4.69, 9.17) is 4.52 Å². The van der Waals surface area contributed by atoms with Crippen molar-refractivity contribution in [1.82, 2.24) is 20.4 Å². The summed E-state index contributed by atoms with van der Waals surface area (Å²) in [5.41, 5.74) is 2.17. The maximum absolute atomic E-state index is 5.32. The molecule has 0 saturated carbocycles. The molecule has 2 aromatic heterocycles. The lowest BCUT2D eigenvalue weighted by atomic mass is 10.1. The predicted molar refractivity (Wildman–Crippen MR) is 71.5 cm³/mol. The monoisotopic (exact) mass is 258 g/mol. The van der Waals surface area contributed by atoms with Crippen molar-refractivity contribution in [2.45, 2.75) is 19.5 Å². The third-order valence-electron chi connectivity index (χ3n) is 3.46. The number of aryl methyl sites for hydroxylation is 1. The van der Waals surface area contributed by atoms with E-state index in [9.17, 15) is 0 Å². The number of piperazine rings is 1. The summed E-state index contributed by atoms with van der Waals surface area (Å²) in [5.74, 6) is 0.924. The molecular formula is C14H18N4O. The predicted octanol–water partition coefficient (Wildman–Crippen LogP) is 1.52. The van der Waals surface area contributed by atoms with Crippen molar-refractivity contribution in [3.05, 3.63) is 47.6 Å². The second-order valence-corrected chi connectivity index (χ2v) is 4.91. The Kier molecular flexibility index (Phi) is 3.57. The topological polar surface area (TPSA) is 54.2 Å². The average Bonchev–Trinajstić information content (AvgIpc) is 2.86. The highest BCUT2D eigenvalue weighted by Crippen LogP contribution is 2.23. The van der Waals surface area contributed by atoms with Crippen molar-refractivity contribution >= 4 is 0 Å². The van der Waals surface area contributed by atoms with Gasteiger partial charge in [-0.05, 0) is 18.6 Å². The van der Waals surface area contributed by atoms with Crippen molar-refractivity contribution in [2.24, 2.45) is 0 Å². The minimum Gasteiger partial charge on any atom is -0.360 e. The van der Waals surface area contributed by atoms with Gasteiger partial charge in [0.15, 0.2) is 5.76 Å². The molecule has 1 fully saturated rings.